The Bertz CT molecular complexity index is 711. The Morgan fingerprint density at radius 1 is 1.50 bits per heavy atom. The quantitative estimate of drug-likeness (QED) is 0.749. The molecule has 0 fully saturated rings. The number of ether oxygens (including phenoxy) is 1. The van der Waals surface area contributed by atoms with Crippen molar-refractivity contribution in [2.45, 2.75) is 60.0 Å². The van der Waals surface area contributed by atoms with Crippen LogP contribution < -0.4 is 0 Å². The summed E-state index contributed by atoms with van der Waals surface area (Å²) in [6, 6.07) is 0. The van der Waals surface area contributed by atoms with Crippen LogP contribution in [0.2, 0.25) is 0 Å². The van der Waals surface area contributed by atoms with Crippen LogP contribution in [0.5, 0.6) is 0 Å². The van der Waals surface area contributed by atoms with Crippen molar-refractivity contribution in [3.63, 3.8) is 0 Å². The zero-order valence-electron chi connectivity index (χ0n) is 15.1. The zero-order chi connectivity index (χ0) is 17.6. The smallest absolute Gasteiger partial charge is 0.309 e. The molecular weight excluding hydrogens is 304 g/mol. The van der Waals surface area contributed by atoms with E-state index >= 15 is 0 Å². The van der Waals surface area contributed by atoms with Gasteiger partial charge in [-0.3, -0.25) is 9.59 Å². The lowest BCUT2D eigenvalue weighted by Crippen LogP contribution is -2.45. The molecule has 2 aliphatic carbocycles. The number of hydrogen-bond acceptors (Lipinski definition) is 4. The number of Topliss-reactive ketones (excluding diaryl/α,β-unsaturated/α-hetero) is 1. The normalized spacial score (nSPS) is 30.2. The number of esters is 1. The highest BCUT2D eigenvalue weighted by atomic mass is 16.5. The maximum Gasteiger partial charge on any atom is 0.309 e. The summed E-state index contributed by atoms with van der Waals surface area (Å²) in [6.45, 7) is 9.96. The Labute approximate surface area is 143 Å². The molecule has 0 aromatic carbocycles. The molecule has 1 heterocycles. The fraction of sp³-hybridized carbons (Fsp3) is 0.600. The summed E-state index contributed by atoms with van der Waals surface area (Å²) in [5, 5.41) is 0. The van der Waals surface area contributed by atoms with Crippen LogP contribution in [0, 0.1) is 24.2 Å². The van der Waals surface area contributed by atoms with Gasteiger partial charge in [0.15, 0.2) is 5.76 Å². The van der Waals surface area contributed by atoms with Gasteiger partial charge >= 0.3 is 5.97 Å². The molecule has 0 saturated carbocycles. The zero-order valence-corrected chi connectivity index (χ0v) is 15.1. The first-order valence-corrected chi connectivity index (χ1v) is 8.86. The van der Waals surface area contributed by atoms with E-state index in [0.717, 1.165) is 36.0 Å². The largest absolute Gasteiger partial charge is 0.460 e. The van der Waals surface area contributed by atoms with E-state index < -0.39 is 11.5 Å². The van der Waals surface area contributed by atoms with E-state index in [0.29, 0.717) is 5.76 Å². The summed E-state index contributed by atoms with van der Waals surface area (Å²) in [5.74, 6) is 0.170. The highest BCUT2D eigenvalue weighted by molar-refractivity contribution is 6.10. The first-order chi connectivity index (χ1) is 11.3. The number of rotatable bonds is 3. The van der Waals surface area contributed by atoms with Gasteiger partial charge in [-0.1, -0.05) is 33.8 Å². The Morgan fingerprint density at radius 3 is 2.88 bits per heavy atom. The molecule has 24 heavy (non-hydrogen) atoms. The van der Waals surface area contributed by atoms with Crippen molar-refractivity contribution in [2.24, 2.45) is 17.3 Å². The van der Waals surface area contributed by atoms with Gasteiger partial charge in [0.2, 0.25) is 5.78 Å². The minimum atomic E-state index is -0.500. The van der Waals surface area contributed by atoms with E-state index in [2.05, 4.69) is 13.8 Å². The first kappa shape index (κ1) is 17.0. The van der Waals surface area contributed by atoms with Crippen molar-refractivity contribution in [1.29, 1.82) is 0 Å². The Kier molecular flexibility index (Phi) is 4.18. The van der Waals surface area contributed by atoms with E-state index in [9.17, 15) is 9.59 Å². The van der Waals surface area contributed by atoms with Gasteiger partial charge in [-0.2, -0.15) is 0 Å². The molecule has 4 heteroatoms. The summed E-state index contributed by atoms with van der Waals surface area (Å²) < 4.78 is 11.6. The maximum absolute atomic E-state index is 12.9. The van der Waals surface area contributed by atoms with Crippen molar-refractivity contribution in [3.05, 3.63) is 34.8 Å². The third-order valence-electron chi connectivity index (χ3n) is 6.08. The van der Waals surface area contributed by atoms with Crippen LogP contribution in [0.3, 0.4) is 0 Å². The molecule has 2 aliphatic rings. The van der Waals surface area contributed by atoms with Crippen LogP contribution in [0.4, 0.5) is 0 Å². The van der Waals surface area contributed by atoms with E-state index in [4.69, 9.17) is 9.15 Å². The minimum Gasteiger partial charge on any atom is -0.460 e. The van der Waals surface area contributed by atoms with Gasteiger partial charge < -0.3 is 9.15 Å². The van der Waals surface area contributed by atoms with Crippen LogP contribution in [0.15, 0.2) is 22.3 Å². The maximum atomic E-state index is 12.9. The van der Waals surface area contributed by atoms with Gasteiger partial charge in [0, 0.05) is 16.6 Å². The predicted molar refractivity (Wildman–Crippen MR) is 90.7 cm³/mol. The molecule has 0 N–H and O–H groups in total. The first-order valence-electron chi connectivity index (χ1n) is 8.86. The molecule has 0 radical (unpaired) electrons. The molecule has 0 saturated heterocycles. The van der Waals surface area contributed by atoms with E-state index in [-0.39, 0.29) is 23.6 Å². The third-order valence-corrected chi connectivity index (χ3v) is 6.08. The number of fused-ring (bicyclic) bond motifs is 2. The molecule has 0 spiro atoms. The fourth-order valence-corrected chi connectivity index (χ4v) is 3.96. The summed E-state index contributed by atoms with van der Waals surface area (Å²) in [6.07, 6.45) is 5.73. The lowest BCUT2D eigenvalue weighted by Gasteiger charge is -2.47. The van der Waals surface area contributed by atoms with E-state index in [1.807, 2.05) is 26.8 Å². The summed E-state index contributed by atoms with van der Waals surface area (Å²) in [4.78, 5) is 25.5. The van der Waals surface area contributed by atoms with Gasteiger partial charge in [0.25, 0.3) is 0 Å². The molecule has 4 unspecified atom stereocenters. The number of furan rings is 1. The Hall–Kier alpha value is -1.84. The van der Waals surface area contributed by atoms with Crippen LogP contribution in [-0.2, 0) is 9.53 Å². The summed E-state index contributed by atoms with van der Waals surface area (Å²) >= 11 is 0. The highest BCUT2D eigenvalue weighted by Crippen LogP contribution is 2.57. The van der Waals surface area contributed by atoms with Crippen molar-refractivity contribution in [1.82, 2.24) is 0 Å². The molecule has 130 valence electrons. The molecule has 0 aliphatic heterocycles. The molecule has 1 aromatic heterocycles. The molecule has 4 nitrogen and oxygen atoms in total. The number of carbonyl (C=O) groups is 2. The molecule has 4 atom stereocenters. The van der Waals surface area contributed by atoms with Gasteiger partial charge in [-0.05, 0) is 37.7 Å². The fourth-order valence-electron chi connectivity index (χ4n) is 3.96. The average molecular weight is 330 g/mol. The molecule has 3 rings (SSSR count). The van der Waals surface area contributed by atoms with Gasteiger partial charge in [-0.25, -0.2) is 0 Å². The number of aryl methyl sites for hydroxylation is 1. The van der Waals surface area contributed by atoms with E-state index in [1.54, 1.807) is 6.26 Å². The lowest BCUT2D eigenvalue weighted by molar-refractivity contribution is -0.162. The average Bonchev–Trinajstić information content (AvgIpc) is 2.94. The Morgan fingerprint density at radius 2 is 2.21 bits per heavy atom. The van der Waals surface area contributed by atoms with Crippen LogP contribution in [0.1, 0.15) is 74.7 Å². The van der Waals surface area contributed by atoms with Gasteiger partial charge in [0.1, 0.15) is 6.10 Å². The Balaban J connectivity index is 2.15. The summed E-state index contributed by atoms with van der Waals surface area (Å²) in [7, 11) is 0. The second-order valence-electron chi connectivity index (χ2n) is 7.50. The molecule has 1 aromatic rings. The molecular formula is C20H26O4. The second kappa shape index (κ2) is 5.91. The predicted octanol–water partition coefficient (Wildman–Crippen LogP) is 4.78. The second-order valence-corrected chi connectivity index (χ2v) is 7.50. The van der Waals surface area contributed by atoms with Gasteiger partial charge in [0.05, 0.1) is 12.2 Å². The number of ketones is 1. The van der Waals surface area contributed by atoms with Crippen LogP contribution >= 0.6 is 0 Å². The number of allylic oxidation sites excluding steroid dienone is 1. The third kappa shape index (κ3) is 2.27. The number of carbonyl (C=O) groups excluding carboxylic acids is 2. The minimum absolute atomic E-state index is 0.0528. The lowest BCUT2D eigenvalue weighted by atomic mass is 9.58. The van der Waals surface area contributed by atoms with Gasteiger partial charge in [-0.15, -0.1) is 0 Å². The molecule has 0 bridgehead atoms. The van der Waals surface area contributed by atoms with E-state index in [1.165, 1.54) is 0 Å². The van der Waals surface area contributed by atoms with Crippen molar-refractivity contribution in [2.75, 3.05) is 0 Å². The highest BCUT2D eigenvalue weighted by Gasteiger charge is 2.55. The monoisotopic (exact) mass is 330 g/mol. The van der Waals surface area contributed by atoms with Crippen LogP contribution in [0.25, 0.3) is 0 Å². The van der Waals surface area contributed by atoms with Crippen molar-refractivity contribution >= 4 is 11.8 Å². The standard InChI is InChI=1S/C20H26O4/c1-6-11(2)19(22)24-18-15-12(3)10-23-17(15)16(21)14-9-7-8-13(4)20(14,18)5/h9-11,13,18H,6-8H2,1-5H3. The molecule has 0 amide bonds. The van der Waals surface area contributed by atoms with Crippen LogP contribution in [-0.4, -0.2) is 11.8 Å². The number of hydrogen-bond donors (Lipinski definition) is 0. The topological polar surface area (TPSA) is 56.5 Å². The van der Waals surface area contributed by atoms with Crippen molar-refractivity contribution in [3.8, 4) is 0 Å². The SMILES string of the molecule is CCC(C)C(=O)OC1c2c(C)coc2C(=O)C2=CCCC(C)C21C. The van der Waals surface area contributed by atoms with Crippen molar-refractivity contribution < 1.29 is 18.7 Å². The summed E-state index contributed by atoms with van der Waals surface area (Å²) in [5.41, 5.74) is 1.87.